The highest BCUT2D eigenvalue weighted by atomic mass is 32.1. The number of fused-ring (bicyclic) bond motifs is 3. The van der Waals surface area contributed by atoms with E-state index < -0.39 is 0 Å². The van der Waals surface area contributed by atoms with E-state index in [2.05, 4.69) is 17.5 Å². The highest BCUT2D eigenvalue weighted by Gasteiger charge is 2.41. The lowest BCUT2D eigenvalue weighted by Crippen LogP contribution is -2.33. The van der Waals surface area contributed by atoms with Gasteiger partial charge in [-0.15, -0.1) is 11.3 Å². The van der Waals surface area contributed by atoms with Gasteiger partial charge in [0.25, 0.3) is 0 Å². The molecule has 0 saturated carbocycles. The maximum Gasteiger partial charge on any atom is 0.222 e. The van der Waals surface area contributed by atoms with Crippen LogP contribution in [0.3, 0.4) is 0 Å². The average Bonchev–Trinajstić information content (AvgIpc) is 3.31. The zero-order valence-corrected chi connectivity index (χ0v) is 14.2. The Morgan fingerprint density at radius 3 is 2.72 bits per heavy atom. The van der Waals surface area contributed by atoms with Crippen LogP contribution in [0.2, 0.25) is 0 Å². The van der Waals surface area contributed by atoms with E-state index in [-0.39, 0.29) is 18.0 Å². The van der Waals surface area contributed by atoms with Gasteiger partial charge in [0.1, 0.15) is 11.5 Å². The van der Waals surface area contributed by atoms with Crippen molar-refractivity contribution in [1.29, 1.82) is 0 Å². The molecule has 0 saturated heterocycles. The fourth-order valence-corrected chi connectivity index (χ4v) is 4.28. The predicted octanol–water partition coefficient (Wildman–Crippen LogP) is 4.70. The molecule has 0 spiro atoms. The third kappa shape index (κ3) is 2.31. The number of ether oxygens (including phenoxy) is 1. The smallest absolute Gasteiger partial charge is 0.222 e. The monoisotopic (exact) mass is 348 g/mol. The summed E-state index contributed by atoms with van der Waals surface area (Å²) in [5, 5.41) is 19.2. The standard InChI is InChI=1S/C20H16N2O2S/c23-17-8-3-1-6-13(17)15-12-16-14-7-2-4-9-18(14)24-20(22(16)21-15)19-10-5-11-25-19/h1-11,16,20,23H,12H2/t16-,20-/m1/s1. The lowest BCUT2D eigenvalue weighted by atomic mass is 9.96. The van der Waals surface area contributed by atoms with Crippen molar-refractivity contribution in [3.8, 4) is 11.5 Å². The molecule has 0 fully saturated rings. The van der Waals surface area contributed by atoms with Gasteiger partial charge < -0.3 is 9.84 Å². The Bertz CT molecular complexity index is 952. The summed E-state index contributed by atoms with van der Waals surface area (Å²) in [6, 6.07) is 19.7. The number of benzene rings is 2. The van der Waals surface area contributed by atoms with Gasteiger partial charge in [0.2, 0.25) is 6.23 Å². The number of para-hydroxylation sites is 2. The largest absolute Gasteiger partial charge is 0.507 e. The van der Waals surface area contributed by atoms with Gasteiger partial charge in [-0.3, -0.25) is 0 Å². The van der Waals surface area contributed by atoms with Crippen molar-refractivity contribution in [2.75, 3.05) is 0 Å². The van der Waals surface area contributed by atoms with Gasteiger partial charge in [-0.2, -0.15) is 5.10 Å². The van der Waals surface area contributed by atoms with Crippen LogP contribution in [0.1, 0.15) is 34.7 Å². The van der Waals surface area contributed by atoms with Crippen molar-refractivity contribution >= 4 is 17.0 Å². The van der Waals surface area contributed by atoms with Crippen LogP contribution in [0, 0.1) is 0 Å². The summed E-state index contributed by atoms with van der Waals surface area (Å²) in [4.78, 5) is 1.13. The summed E-state index contributed by atoms with van der Waals surface area (Å²) in [5.74, 6) is 1.18. The summed E-state index contributed by atoms with van der Waals surface area (Å²) in [6.07, 6.45) is 0.517. The van der Waals surface area contributed by atoms with Crippen molar-refractivity contribution < 1.29 is 9.84 Å². The third-order valence-electron chi connectivity index (χ3n) is 4.70. The van der Waals surface area contributed by atoms with E-state index >= 15 is 0 Å². The van der Waals surface area contributed by atoms with Crippen molar-refractivity contribution in [3.05, 3.63) is 82.0 Å². The molecule has 25 heavy (non-hydrogen) atoms. The van der Waals surface area contributed by atoms with Crippen LogP contribution >= 0.6 is 11.3 Å². The number of aromatic hydroxyl groups is 1. The number of nitrogens with zero attached hydrogens (tertiary/aromatic N) is 2. The summed E-state index contributed by atoms with van der Waals surface area (Å²) in [6.45, 7) is 0. The van der Waals surface area contributed by atoms with Gasteiger partial charge in [0.05, 0.1) is 16.6 Å². The van der Waals surface area contributed by atoms with Crippen LogP contribution in [0.15, 0.2) is 71.1 Å². The second-order valence-corrected chi connectivity index (χ2v) is 7.17. The van der Waals surface area contributed by atoms with Crippen molar-refractivity contribution in [3.63, 3.8) is 0 Å². The van der Waals surface area contributed by atoms with E-state index in [1.807, 2.05) is 47.5 Å². The molecular weight excluding hydrogens is 332 g/mol. The van der Waals surface area contributed by atoms with E-state index in [0.29, 0.717) is 0 Å². The highest BCUT2D eigenvalue weighted by molar-refractivity contribution is 7.10. The fraction of sp³-hybridized carbons (Fsp3) is 0.150. The zero-order valence-electron chi connectivity index (χ0n) is 13.4. The molecule has 4 nitrogen and oxygen atoms in total. The van der Waals surface area contributed by atoms with Crippen molar-refractivity contribution in [2.24, 2.45) is 5.10 Å². The molecule has 3 heterocycles. The first-order valence-electron chi connectivity index (χ1n) is 8.24. The second-order valence-electron chi connectivity index (χ2n) is 6.19. The maximum atomic E-state index is 10.2. The SMILES string of the molecule is Oc1ccccc1C1=NN2[C@H](C1)c1ccccc1O[C@@H]2c1cccs1. The number of thiophene rings is 1. The molecule has 2 aromatic carbocycles. The minimum absolute atomic E-state index is 0.117. The molecule has 3 aromatic rings. The number of hydrazone groups is 1. The molecule has 5 rings (SSSR count). The summed E-state index contributed by atoms with van der Waals surface area (Å²) < 4.78 is 6.27. The van der Waals surface area contributed by atoms with Gasteiger partial charge in [-0.25, -0.2) is 5.01 Å². The predicted molar refractivity (Wildman–Crippen MR) is 98.0 cm³/mol. The van der Waals surface area contributed by atoms with E-state index in [1.54, 1.807) is 17.4 Å². The third-order valence-corrected chi connectivity index (χ3v) is 5.60. The van der Waals surface area contributed by atoms with Crippen LogP contribution < -0.4 is 4.74 Å². The number of hydrogen-bond acceptors (Lipinski definition) is 5. The molecule has 1 N–H and O–H groups in total. The molecule has 5 heteroatoms. The molecule has 2 atom stereocenters. The number of phenols is 1. The number of hydrogen-bond donors (Lipinski definition) is 1. The Kier molecular flexibility index (Phi) is 3.28. The normalized spacial score (nSPS) is 21.3. The second kappa shape index (κ2) is 5.63. The molecule has 0 unspecified atom stereocenters. The lowest BCUT2D eigenvalue weighted by molar-refractivity contribution is -0.0165. The Balaban J connectivity index is 1.62. The van der Waals surface area contributed by atoms with Gasteiger partial charge in [-0.05, 0) is 29.6 Å². The number of rotatable bonds is 2. The quantitative estimate of drug-likeness (QED) is 0.730. The molecule has 2 aliphatic heterocycles. The first-order valence-corrected chi connectivity index (χ1v) is 9.12. The van der Waals surface area contributed by atoms with Crippen molar-refractivity contribution in [1.82, 2.24) is 5.01 Å². The van der Waals surface area contributed by atoms with Gasteiger partial charge in [0, 0.05) is 17.5 Å². The highest BCUT2D eigenvalue weighted by Crippen LogP contribution is 2.48. The maximum absolute atomic E-state index is 10.2. The summed E-state index contributed by atoms with van der Waals surface area (Å²) >= 11 is 1.67. The van der Waals surface area contributed by atoms with Crippen LogP contribution in [0.25, 0.3) is 0 Å². The Labute approximate surface area is 149 Å². The van der Waals surface area contributed by atoms with E-state index in [4.69, 9.17) is 9.84 Å². The topological polar surface area (TPSA) is 45.1 Å². The molecule has 0 bridgehead atoms. The number of phenolic OH excluding ortho intramolecular Hbond substituents is 1. The Morgan fingerprint density at radius 2 is 1.88 bits per heavy atom. The minimum atomic E-state index is -0.233. The molecule has 124 valence electrons. The Hall–Kier alpha value is -2.79. The molecule has 2 aliphatic rings. The van der Waals surface area contributed by atoms with Gasteiger partial charge >= 0.3 is 0 Å². The van der Waals surface area contributed by atoms with E-state index in [9.17, 15) is 5.11 Å². The Morgan fingerprint density at radius 1 is 1.04 bits per heavy atom. The van der Waals surface area contributed by atoms with Crippen LogP contribution in [0.4, 0.5) is 0 Å². The first-order chi connectivity index (χ1) is 12.3. The van der Waals surface area contributed by atoms with Gasteiger partial charge in [-0.1, -0.05) is 36.4 Å². The van der Waals surface area contributed by atoms with Crippen molar-refractivity contribution in [2.45, 2.75) is 18.7 Å². The van der Waals surface area contributed by atoms with Crippen LogP contribution in [0.5, 0.6) is 11.5 Å². The summed E-state index contributed by atoms with van der Waals surface area (Å²) in [7, 11) is 0. The molecular formula is C20H16N2O2S. The molecule has 0 amide bonds. The van der Waals surface area contributed by atoms with Crippen LogP contribution in [-0.4, -0.2) is 15.8 Å². The molecule has 0 radical (unpaired) electrons. The summed E-state index contributed by atoms with van der Waals surface area (Å²) in [5.41, 5.74) is 2.83. The zero-order chi connectivity index (χ0) is 16.8. The molecule has 1 aromatic heterocycles. The lowest BCUT2D eigenvalue weighted by Gasteiger charge is -2.37. The fourth-order valence-electron chi connectivity index (χ4n) is 3.53. The van der Waals surface area contributed by atoms with Gasteiger partial charge in [0.15, 0.2) is 0 Å². The molecule has 0 aliphatic carbocycles. The first kappa shape index (κ1) is 14.5. The average molecular weight is 348 g/mol. The minimum Gasteiger partial charge on any atom is -0.507 e. The van der Waals surface area contributed by atoms with E-state index in [1.165, 1.54) is 0 Å². The van der Waals surface area contributed by atoms with Crippen LogP contribution in [-0.2, 0) is 0 Å². The van der Waals surface area contributed by atoms with E-state index in [0.717, 1.165) is 33.9 Å².